The van der Waals surface area contributed by atoms with E-state index in [2.05, 4.69) is 61.1 Å². The summed E-state index contributed by atoms with van der Waals surface area (Å²) < 4.78 is 16.9. The molecule has 0 atom stereocenters. The summed E-state index contributed by atoms with van der Waals surface area (Å²) in [5, 5.41) is 44.2. The first kappa shape index (κ1) is 48.1. The topological polar surface area (TPSA) is 130 Å². The maximum atomic E-state index is 12.3. The van der Waals surface area contributed by atoms with Crippen LogP contribution in [0.25, 0.3) is 72.7 Å². The molecule has 0 amide bonds. The Balaban J connectivity index is 0.000000255. The van der Waals surface area contributed by atoms with Gasteiger partial charge >= 0.3 is 0 Å². The van der Waals surface area contributed by atoms with Crippen LogP contribution in [0.2, 0.25) is 0 Å². The van der Waals surface area contributed by atoms with Gasteiger partial charge in [0.25, 0.3) is 0 Å². The number of aliphatic hydroxyl groups is 3. The summed E-state index contributed by atoms with van der Waals surface area (Å²) in [4.78, 5) is 12.3. The van der Waals surface area contributed by atoms with Crippen molar-refractivity contribution in [3.8, 4) is 39.3 Å². The smallest absolute Gasteiger partial charge is 0.203 e. The van der Waals surface area contributed by atoms with Crippen LogP contribution in [0.3, 0.4) is 0 Å². The Bertz CT molecular complexity index is 3020. The Kier molecular flexibility index (Phi) is 16.9. The summed E-state index contributed by atoms with van der Waals surface area (Å²) in [6, 6.07) is 36.1. The molecule has 8 rings (SSSR count). The van der Waals surface area contributed by atoms with Crippen molar-refractivity contribution in [2.75, 3.05) is 26.2 Å². The minimum atomic E-state index is -0.311. The second-order valence-corrected chi connectivity index (χ2v) is 14.0. The second kappa shape index (κ2) is 21.8. The summed E-state index contributed by atoms with van der Waals surface area (Å²) in [5.41, 5.74) is 7.58. The maximum Gasteiger partial charge on any atom is 0.203 e. The van der Waals surface area contributed by atoms with E-state index in [4.69, 9.17) is 8.83 Å². The third kappa shape index (κ3) is 9.34. The molecule has 2 aliphatic rings. The zero-order valence-electron chi connectivity index (χ0n) is 35.2. The molecule has 0 saturated heterocycles. The van der Waals surface area contributed by atoms with Gasteiger partial charge in [-0.1, -0.05) is 77.2 Å². The number of aromatic hydroxyl groups is 1. The first-order valence-electron chi connectivity index (χ1n) is 20.7. The quantitative estimate of drug-likeness (QED) is 0.0887. The molecule has 0 saturated carbocycles. The fourth-order valence-electron chi connectivity index (χ4n) is 7.89. The zero-order valence-corrected chi connectivity index (χ0v) is 35.2. The maximum absolute atomic E-state index is 12.3. The summed E-state index contributed by atoms with van der Waals surface area (Å²) in [6.45, 7) is 15.8. The highest BCUT2D eigenvalue weighted by atomic mass is 16.3. The van der Waals surface area contributed by atoms with E-state index in [1.807, 2.05) is 80.6 Å². The van der Waals surface area contributed by atoms with Gasteiger partial charge in [-0.25, -0.2) is 9.15 Å². The molecule has 0 radical (unpaired) electrons. The number of nitrogens with zero attached hydrogens (tertiary/aromatic N) is 2. The summed E-state index contributed by atoms with van der Waals surface area (Å²) in [6.07, 6.45) is 0.802. The minimum absolute atomic E-state index is 0. The lowest BCUT2D eigenvalue weighted by atomic mass is 9.91. The lowest BCUT2D eigenvalue weighted by molar-refractivity contribution is 0.282. The molecule has 4 N–H and O–H groups in total. The van der Waals surface area contributed by atoms with Crippen molar-refractivity contribution in [3.63, 3.8) is 0 Å². The molecule has 0 unspecified atom stereocenters. The Hall–Kier alpha value is -6.55. The van der Waals surface area contributed by atoms with Gasteiger partial charge in [0.1, 0.15) is 54.4 Å². The average molecular weight is 839 g/mol. The van der Waals surface area contributed by atoms with Crippen LogP contribution >= 0.6 is 0 Å². The molecule has 9 nitrogen and oxygen atoms in total. The number of phenolic OH excluding ortho intramolecular Hbond substituents is 1. The van der Waals surface area contributed by atoms with Crippen LogP contribution < -0.4 is 30.5 Å². The van der Waals surface area contributed by atoms with Gasteiger partial charge in [-0.2, -0.15) is 0 Å². The fraction of sp³-hybridized carbons (Fsp3) is 0.264. The molecule has 0 spiro atoms. The van der Waals surface area contributed by atoms with Crippen LogP contribution in [0.4, 0.5) is 0 Å². The molecule has 1 aliphatic heterocycles. The first-order valence-corrected chi connectivity index (χ1v) is 20.7. The number of benzene rings is 6. The van der Waals surface area contributed by atoms with E-state index in [9.17, 15) is 25.2 Å². The van der Waals surface area contributed by atoms with Crippen LogP contribution in [0.1, 0.15) is 67.5 Å². The molecule has 6 aromatic rings. The number of fused-ring (bicyclic) bond motifs is 4. The third-order valence-electron chi connectivity index (χ3n) is 10.9. The van der Waals surface area contributed by atoms with E-state index < -0.39 is 0 Å². The van der Waals surface area contributed by atoms with Crippen LogP contribution in [0, 0.1) is 0 Å². The van der Waals surface area contributed by atoms with Gasteiger partial charge < -0.3 is 29.3 Å². The molecule has 0 bridgehead atoms. The van der Waals surface area contributed by atoms with Crippen LogP contribution in [0.5, 0.6) is 5.75 Å². The predicted molar refractivity (Wildman–Crippen MR) is 257 cm³/mol. The predicted octanol–water partition coefficient (Wildman–Crippen LogP) is 9.45. The highest BCUT2D eigenvalue weighted by molar-refractivity contribution is 6.08. The lowest BCUT2D eigenvalue weighted by Gasteiger charge is -2.17. The molecule has 9 heteroatoms. The van der Waals surface area contributed by atoms with Gasteiger partial charge in [0.2, 0.25) is 10.7 Å². The van der Waals surface area contributed by atoms with E-state index in [0.717, 1.165) is 98.6 Å². The number of aliphatic hydroxyl groups excluding tert-OH is 3. The first-order chi connectivity index (χ1) is 29.3. The monoisotopic (exact) mass is 838 g/mol. The highest BCUT2D eigenvalue weighted by Crippen LogP contribution is 2.42. The molecule has 1 aromatic heterocycles. The van der Waals surface area contributed by atoms with Gasteiger partial charge in [-0.3, -0.25) is 4.79 Å². The molecule has 0 fully saturated rings. The van der Waals surface area contributed by atoms with Gasteiger partial charge in [-0.15, -0.1) is 0 Å². The third-order valence-corrected chi connectivity index (χ3v) is 10.9. The summed E-state index contributed by atoms with van der Waals surface area (Å²) in [5.74, 6) is 0.919. The van der Waals surface area contributed by atoms with E-state index in [1.54, 1.807) is 18.2 Å². The van der Waals surface area contributed by atoms with Crippen molar-refractivity contribution in [2.45, 2.75) is 69.6 Å². The summed E-state index contributed by atoms with van der Waals surface area (Å²) >= 11 is 0. The number of rotatable bonds is 8. The van der Waals surface area contributed by atoms with Crippen molar-refractivity contribution in [1.82, 2.24) is 9.15 Å². The number of hydrogen-bond acceptors (Lipinski definition) is 7. The van der Waals surface area contributed by atoms with Gasteiger partial charge in [0.05, 0.1) is 36.8 Å². The SMILES string of the molecule is C.C.CC.CC[N+](CC)=c1ccc2c(-c3ccccc3CO)c3ccc(=O)c(=CO)c3oc2c1.CC[N+](CC)=c1ccc2c(-c3ccccc3CO)c3ccc(O)cc3oc-2c1. The van der Waals surface area contributed by atoms with Crippen molar-refractivity contribution in [3.05, 3.63) is 153 Å². The van der Waals surface area contributed by atoms with E-state index in [0.29, 0.717) is 22.1 Å². The zero-order chi connectivity index (χ0) is 42.9. The van der Waals surface area contributed by atoms with E-state index in [-0.39, 0.29) is 44.5 Å². The van der Waals surface area contributed by atoms with Gasteiger partial charge in [0, 0.05) is 51.0 Å². The Morgan fingerprint density at radius 1 is 0.565 bits per heavy atom. The Morgan fingerprint density at radius 3 is 1.65 bits per heavy atom. The van der Waals surface area contributed by atoms with Crippen molar-refractivity contribution in [1.29, 1.82) is 0 Å². The second-order valence-electron chi connectivity index (χ2n) is 14.0. The van der Waals surface area contributed by atoms with Gasteiger partial charge in [0.15, 0.2) is 5.43 Å². The largest absolute Gasteiger partial charge is 0.515 e. The average Bonchev–Trinajstić information content (AvgIpc) is 3.29. The van der Waals surface area contributed by atoms with E-state index in [1.165, 1.54) is 6.07 Å². The van der Waals surface area contributed by atoms with Crippen LogP contribution in [-0.4, -0.2) is 46.6 Å². The van der Waals surface area contributed by atoms with Crippen LogP contribution in [0.15, 0.2) is 129 Å². The normalized spacial score (nSPS) is 11.0. The van der Waals surface area contributed by atoms with Crippen LogP contribution in [-0.2, 0) is 13.2 Å². The van der Waals surface area contributed by atoms with Crippen molar-refractivity contribution in [2.24, 2.45) is 0 Å². The molecule has 324 valence electrons. The Morgan fingerprint density at radius 2 is 1.06 bits per heavy atom. The molecule has 1 aliphatic carbocycles. The minimum Gasteiger partial charge on any atom is -0.515 e. The van der Waals surface area contributed by atoms with Crippen molar-refractivity contribution < 1.29 is 29.3 Å². The molecule has 2 heterocycles. The number of hydrogen-bond donors (Lipinski definition) is 4. The number of phenols is 1. The Labute approximate surface area is 364 Å². The van der Waals surface area contributed by atoms with Crippen molar-refractivity contribution >= 4 is 39.2 Å². The standard InChI is InChI=1S/C25H23NO4.C24H23NO3.C2H6.2CH4/c1-3-26(4-2)17-9-10-19-23(13-17)30-25-20(11-12-22(29)21(25)15-28)24(19)18-8-6-5-7-16(18)14-27;1-3-25(4-2)17-9-11-20-22(13-17)28-23-14-18(27)10-12-21(23)24(20)19-8-6-5-7-16(19)15-26;1-2;;/h5-13,15,27H,3-4,14H2,1-2H3;5-14,26H,3-4,15H2,1-2H3;1-2H3;2*1H4/p+2. The lowest BCUT2D eigenvalue weighted by Crippen LogP contribution is -2.29. The molecular formula is C53H62N2O7+2. The van der Waals surface area contributed by atoms with E-state index >= 15 is 0 Å². The highest BCUT2D eigenvalue weighted by Gasteiger charge is 2.21. The molecular weight excluding hydrogens is 777 g/mol. The molecule has 5 aromatic carbocycles. The molecule has 62 heavy (non-hydrogen) atoms. The fourth-order valence-corrected chi connectivity index (χ4v) is 7.89. The van der Waals surface area contributed by atoms with Gasteiger partial charge in [-0.05, 0) is 86.3 Å². The summed E-state index contributed by atoms with van der Waals surface area (Å²) in [7, 11) is 0.